The molecule has 1 aromatic carbocycles. The molecule has 31 heavy (non-hydrogen) atoms. The quantitative estimate of drug-likeness (QED) is 0.493. The number of nitrogens with zero attached hydrogens (tertiary/aromatic N) is 2. The summed E-state index contributed by atoms with van der Waals surface area (Å²) in [5.74, 6) is 0.766. The number of pyridine rings is 1. The molecule has 3 N–H and O–H groups in total. The van der Waals surface area contributed by atoms with E-state index in [9.17, 15) is 9.18 Å². The van der Waals surface area contributed by atoms with Crippen LogP contribution in [-0.2, 0) is 0 Å². The van der Waals surface area contributed by atoms with Crippen molar-refractivity contribution < 1.29 is 4.39 Å². The van der Waals surface area contributed by atoms with Crippen molar-refractivity contribution in [1.82, 2.24) is 20.1 Å². The predicted molar refractivity (Wildman–Crippen MR) is 122 cm³/mol. The summed E-state index contributed by atoms with van der Waals surface area (Å²) in [7, 11) is 0. The molecule has 2 saturated carbocycles. The molecule has 164 valence electrons. The topological polar surface area (TPSA) is 74.7 Å². The zero-order valence-electron chi connectivity index (χ0n) is 17.5. The maximum Gasteiger partial charge on any atom is 0.261 e. The van der Waals surface area contributed by atoms with Crippen LogP contribution in [0.15, 0.2) is 35.3 Å². The van der Waals surface area contributed by atoms with Crippen molar-refractivity contribution in [3.63, 3.8) is 0 Å². The molecule has 6 nitrogen and oxygen atoms in total. The van der Waals surface area contributed by atoms with E-state index in [1.54, 1.807) is 12.3 Å². The van der Waals surface area contributed by atoms with E-state index in [2.05, 4.69) is 22.5 Å². The third-order valence-corrected chi connectivity index (χ3v) is 6.99. The van der Waals surface area contributed by atoms with E-state index in [-0.39, 0.29) is 16.6 Å². The van der Waals surface area contributed by atoms with Crippen molar-refractivity contribution in [1.29, 1.82) is 0 Å². The largest absolute Gasteiger partial charge is 0.338 e. The lowest BCUT2D eigenvalue weighted by molar-refractivity contribution is 0.263. The Balaban J connectivity index is 1.38. The fourth-order valence-electron chi connectivity index (χ4n) is 4.77. The third kappa shape index (κ3) is 4.21. The molecule has 1 atom stereocenters. The summed E-state index contributed by atoms with van der Waals surface area (Å²) in [4.78, 5) is 15.3. The highest BCUT2D eigenvalue weighted by atomic mass is 35.5. The number of aromatic nitrogens is 3. The smallest absolute Gasteiger partial charge is 0.261 e. The van der Waals surface area contributed by atoms with Crippen molar-refractivity contribution in [2.24, 2.45) is 5.92 Å². The molecular formula is C23H27ClFN5O. The number of benzene rings is 1. The van der Waals surface area contributed by atoms with Gasteiger partial charge in [0.1, 0.15) is 11.2 Å². The van der Waals surface area contributed by atoms with Crippen molar-refractivity contribution in [2.75, 3.05) is 5.32 Å². The summed E-state index contributed by atoms with van der Waals surface area (Å²) in [6.07, 6.45) is 8.56. The van der Waals surface area contributed by atoms with Gasteiger partial charge in [-0.3, -0.25) is 9.48 Å². The van der Waals surface area contributed by atoms with Gasteiger partial charge in [-0.05, 0) is 75.6 Å². The van der Waals surface area contributed by atoms with Crippen LogP contribution in [-0.4, -0.2) is 26.8 Å². The number of halogens is 2. The van der Waals surface area contributed by atoms with Gasteiger partial charge in [-0.2, -0.15) is 5.10 Å². The summed E-state index contributed by atoms with van der Waals surface area (Å²) >= 11 is 5.79. The van der Waals surface area contributed by atoms with Crippen molar-refractivity contribution >= 4 is 34.0 Å². The van der Waals surface area contributed by atoms with Gasteiger partial charge in [0.25, 0.3) is 5.56 Å². The molecule has 2 fully saturated rings. The molecule has 0 saturated heterocycles. The number of nitrogens with one attached hydrogen (secondary N) is 3. The highest BCUT2D eigenvalue weighted by Crippen LogP contribution is 2.36. The second-order valence-corrected chi connectivity index (χ2v) is 9.32. The maximum atomic E-state index is 13.9. The molecule has 2 aliphatic carbocycles. The average molecular weight is 444 g/mol. The van der Waals surface area contributed by atoms with Crippen LogP contribution in [0, 0.1) is 11.7 Å². The summed E-state index contributed by atoms with van der Waals surface area (Å²) in [5, 5.41) is 12.2. The highest BCUT2D eigenvalue weighted by Gasteiger charge is 2.31. The first-order chi connectivity index (χ1) is 15.0. The van der Waals surface area contributed by atoms with Crippen LogP contribution >= 0.6 is 11.6 Å². The molecule has 0 amide bonds. The van der Waals surface area contributed by atoms with Gasteiger partial charge >= 0.3 is 0 Å². The molecule has 0 spiro atoms. The van der Waals surface area contributed by atoms with Gasteiger partial charge in [-0.15, -0.1) is 0 Å². The molecule has 2 aromatic heterocycles. The molecule has 0 radical (unpaired) electrons. The van der Waals surface area contributed by atoms with Crippen LogP contribution in [0.25, 0.3) is 10.9 Å². The van der Waals surface area contributed by atoms with Gasteiger partial charge in [-0.1, -0.05) is 11.6 Å². The lowest BCUT2D eigenvalue weighted by atomic mass is 9.90. The van der Waals surface area contributed by atoms with Gasteiger partial charge in [-0.25, -0.2) is 4.39 Å². The van der Waals surface area contributed by atoms with Crippen LogP contribution in [0.5, 0.6) is 0 Å². The predicted octanol–water partition coefficient (Wildman–Crippen LogP) is 5.13. The van der Waals surface area contributed by atoms with E-state index in [1.165, 1.54) is 25.0 Å². The summed E-state index contributed by atoms with van der Waals surface area (Å²) < 4.78 is 15.9. The Hall–Kier alpha value is -2.38. The minimum absolute atomic E-state index is 0.0557. The fourth-order valence-corrected chi connectivity index (χ4v) is 4.88. The molecular weight excluding hydrogens is 417 g/mol. The fraction of sp³-hybridized carbons (Fsp3) is 0.478. The van der Waals surface area contributed by atoms with Crippen LogP contribution in [0.1, 0.15) is 51.5 Å². The molecule has 2 heterocycles. The molecule has 0 bridgehead atoms. The molecule has 3 aromatic rings. The zero-order chi connectivity index (χ0) is 21.5. The van der Waals surface area contributed by atoms with Crippen LogP contribution in [0.3, 0.4) is 0 Å². The highest BCUT2D eigenvalue weighted by molar-refractivity contribution is 6.30. The van der Waals surface area contributed by atoms with E-state index >= 15 is 0 Å². The molecule has 1 unspecified atom stereocenters. The maximum absolute atomic E-state index is 13.9. The SMILES string of the molecule is CC(NC1CCC(n2nc(Nc3ccc(Cl)c(F)c3)c3c(=O)[nH]ccc32)CC1)C1CC1. The summed E-state index contributed by atoms with van der Waals surface area (Å²) in [6.45, 7) is 2.30. The Bertz CT molecular complexity index is 1150. The standard InChI is InChI=1S/C23H27ClFN5O/c1-13(14-2-3-14)27-15-4-7-17(8-5-15)30-20-10-11-26-23(31)21(20)22(29-30)28-16-6-9-18(24)19(25)12-16/h6,9-15,17,27H,2-5,7-8H2,1H3,(H,26,31)(H,28,29). The normalized spacial score (nSPS) is 22.5. The monoisotopic (exact) mass is 443 g/mol. The second kappa shape index (κ2) is 8.28. The number of aromatic amines is 1. The second-order valence-electron chi connectivity index (χ2n) is 8.91. The van der Waals surface area contributed by atoms with Crippen molar-refractivity contribution in [3.8, 4) is 0 Å². The first-order valence-corrected chi connectivity index (χ1v) is 11.5. The Morgan fingerprint density at radius 2 is 1.97 bits per heavy atom. The van der Waals surface area contributed by atoms with Crippen molar-refractivity contribution in [2.45, 2.75) is 63.6 Å². The molecule has 8 heteroatoms. The van der Waals surface area contributed by atoms with E-state index in [0.717, 1.165) is 37.1 Å². The van der Waals surface area contributed by atoms with Gasteiger partial charge < -0.3 is 15.6 Å². The Morgan fingerprint density at radius 1 is 1.19 bits per heavy atom. The Kier molecular flexibility index (Phi) is 5.48. The van der Waals surface area contributed by atoms with Gasteiger partial charge in [0.15, 0.2) is 5.82 Å². The minimum atomic E-state index is -0.518. The molecule has 5 rings (SSSR count). The lowest BCUT2D eigenvalue weighted by Gasteiger charge is -2.31. The first-order valence-electron chi connectivity index (χ1n) is 11.1. The van der Waals surface area contributed by atoms with Gasteiger partial charge in [0, 0.05) is 24.0 Å². The Labute approximate surface area is 185 Å². The molecule has 0 aliphatic heterocycles. The van der Waals surface area contributed by atoms with E-state index in [0.29, 0.717) is 29.0 Å². The van der Waals surface area contributed by atoms with Gasteiger partial charge in [0.2, 0.25) is 0 Å². The van der Waals surface area contributed by atoms with E-state index in [4.69, 9.17) is 16.7 Å². The third-order valence-electron chi connectivity index (χ3n) is 6.68. The van der Waals surface area contributed by atoms with E-state index in [1.807, 2.05) is 10.7 Å². The summed E-state index contributed by atoms with van der Waals surface area (Å²) in [5.41, 5.74) is 1.08. The zero-order valence-corrected chi connectivity index (χ0v) is 18.3. The summed E-state index contributed by atoms with van der Waals surface area (Å²) in [6, 6.07) is 7.73. The number of hydrogen-bond acceptors (Lipinski definition) is 4. The Morgan fingerprint density at radius 3 is 2.68 bits per heavy atom. The van der Waals surface area contributed by atoms with Crippen molar-refractivity contribution in [3.05, 3.63) is 51.7 Å². The number of hydrogen-bond donors (Lipinski definition) is 3. The molecule has 2 aliphatic rings. The van der Waals surface area contributed by atoms with Crippen LogP contribution < -0.4 is 16.2 Å². The van der Waals surface area contributed by atoms with Gasteiger partial charge in [0.05, 0.1) is 16.6 Å². The van der Waals surface area contributed by atoms with E-state index < -0.39 is 5.82 Å². The average Bonchev–Trinajstić information content (AvgIpc) is 3.54. The van der Waals surface area contributed by atoms with Crippen LogP contribution in [0.2, 0.25) is 5.02 Å². The number of anilines is 2. The number of fused-ring (bicyclic) bond motifs is 1. The van der Waals surface area contributed by atoms with Crippen LogP contribution in [0.4, 0.5) is 15.9 Å². The lowest BCUT2D eigenvalue weighted by Crippen LogP contribution is -2.40. The number of H-pyrrole nitrogens is 1. The minimum Gasteiger partial charge on any atom is -0.338 e. The number of rotatable bonds is 6. The first kappa shape index (κ1) is 20.5.